The molecule has 0 amide bonds. The van der Waals surface area contributed by atoms with E-state index in [0.717, 1.165) is 0 Å². The first kappa shape index (κ1) is 11.9. The Kier molecular flexibility index (Phi) is 4.16. The smallest absolute Gasteiger partial charge is 0.147 e. The van der Waals surface area contributed by atoms with Crippen LogP contribution in [-0.4, -0.2) is 38.7 Å². The number of aliphatic hydroxyl groups is 1. The predicted molar refractivity (Wildman–Crippen MR) is 48.6 cm³/mol. The van der Waals surface area contributed by atoms with E-state index >= 15 is 0 Å². The topological polar surface area (TPSA) is 80.4 Å². The van der Waals surface area contributed by atoms with Crippen LogP contribution < -0.4 is 5.73 Å². The van der Waals surface area contributed by atoms with Gasteiger partial charge in [0.15, 0.2) is 0 Å². The Balaban J connectivity index is 4.07. The average molecular weight is 195 g/mol. The molecule has 3 N–H and O–H groups in total. The van der Waals surface area contributed by atoms with E-state index in [9.17, 15) is 8.42 Å². The highest BCUT2D eigenvalue weighted by Gasteiger charge is 2.22. The lowest BCUT2D eigenvalue weighted by atomic mass is 9.89. The van der Waals surface area contributed by atoms with Crippen LogP contribution in [0, 0.1) is 5.41 Å². The van der Waals surface area contributed by atoms with Gasteiger partial charge in [0.2, 0.25) is 0 Å². The minimum absolute atomic E-state index is 0.0704. The summed E-state index contributed by atoms with van der Waals surface area (Å²) in [6.07, 6.45) is 1.60. The van der Waals surface area contributed by atoms with Crippen LogP contribution in [0.25, 0.3) is 0 Å². The lowest BCUT2D eigenvalue weighted by molar-refractivity contribution is 0.146. The molecule has 0 saturated carbocycles. The third-order valence-corrected chi connectivity index (χ3v) is 2.90. The van der Waals surface area contributed by atoms with Crippen LogP contribution >= 0.6 is 0 Å². The molecule has 0 aliphatic carbocycles. The summed E-state index contributed by atoms with van der Waals surface area (Å²) in [6, 6.07) is 0. The summed E-state index contributed by atoms with van der Waals surface area (Å²) in [5, 5.41) is 8.91. The van der Waals surface area contributed by atoms with Crippen molar-refractivity contribution in [2.24, 2.45) is 11.1 Å². The summed E-state index contributed by atoms with van der Waals surface area (Å²) >= 11 is 0. The molecule has 0 heterocycles. The molecule has 0 bridgehead atoms. The standard InChI is InChI=1S/C7H17NO3S/c1-7(5-8,6-9)3-4-12(2,10)11/h9H,3-6,8H2,1-2H3. The average Bonchev–Trinajstić information content (AvgIpc) is 1.99. The highest BCUT2D eigenvalue weighted by molar-refractivity contribution is 7.90. The molecular weight excluding hydrogens is 178 g/mol. The normalized spacial score (nSPS) is 17.3. The maximum absolute atomic E-state index is 10.8. The minimum atomic E-state index is -2.94. The van der Waals surface area contributed by atoms with Gasteiger partial charge >= 0.3 is 0 Å². The SMILES string of the molecule is CC(CN)(CO)CCS(C)(=O)=O. The van der Waals surface area contributed by atoms with Crippen LogP contribution in [0.4, 0.5) is 0 Å². The summed E-state index contributed by atoms with van der Waals surface area (Å²) < 4.78 is 21.6. The zero-order chi connectivity index (χ0) is 9.83. The minimum Gasteiger partial charge on any atom is -0.396 e. The van der Waals surface area contributed by atoms with Crippen LogP contribution in [0.5, 0.6) is 0 Å². The van der Waals surface area contributed by atoms with Crippen molar-refractivity contribution >= 4 is 9.84 Å². The molecule has 4 nitrogen and oxygen atoms in total. The molecule has 0 fully saturated rings. The van der Waals surface area contributed by atoms with E-state index in [4.69, 9.17) is 10.8 Å². The van der Waals surface area contributed by atoms with Crippen LogP contribution in [0.2, 0.25) is 0 Å². The lowest BCUT2D eigenvalue weighted by Gasteiger charge is -2.24. The summed E-state index contributed by atoms with van der Waals surface area (Å²) in [6.45, 7) is 2.01. The Hall–Kier alpha value is -0.130. The number of hydrogen-bond acceptors (Lipinski definition) is 4. The quantitative estimate of drug-likeness (QED) is 0.612. The van der Waals surface area contributed by atoms with E-state index in [0.29, 0.717) is 13.0 Å². The van der Waals surface area contributed by atoms with Gasteiger partial charge in [0, 0.05) is 18.3 Å². The molecule has 0 aromatic heterocycles. The summed E-state index contributed by atoms with van der Waals surface area (Å²) in [7, 11) is -2.94. The molecule has 5 heteroatoms. The van der Waals surface area contributed by atoms with Crippen molar-refractivity contribution in [2.75, 3.05) is 25.2 Å². The number of sulfone groups is 1. The fourth-order valence-electron chi connectivity index (χ4n) is 0.677. The van der Waals surface area contributed by atoms with Crippen molar-refractivity contribution in [3.8, 4) is 0 Å². The molecule has 12 heavy (non-hydrogen) atoms. The van der Waals surface area contributed by atoms with Gasteiger partial charge < -0.3 is 10.8 Å². The van der Waals surface area contributed by atoms with Gasteiger partial charge in [-0.25, -0.2) is 8.42 Å². The zero-order valence-corrected chi connectivity index (χ0v) is 8.39. The molecule has 0 rings (SSSR count). The van der Waals surface area contributed by atoms with E-state index in [1.165, 1.54) is 6.26 Å². The van der Waals surface area contributed by atoms with Crippen LogP contribution in [0.3, 0.4) is 0 Å². The molecule has 0 saturated heterocycles. The largest absolute Gasteiger partial charge is 0.396 e. The van der Waals surface area contributed by atoms with Crippen molar-refractivity contribution in [1.29, 1.82) is 0 Å². The van der Waals surface area contributed by atoms with Gasteiger partial charge in [-0.3, -0.25) is 0 Å². The van der Waals surface area contributed by atoms with Gasteiger partial charge in [-0.15, -0.1) is 0 Å². The molecule has 0 aromatic rings. The first-order valence-corrected chi connectivity index (χ1v) is 5.88. The Bertz CT molecular complexity index is 219. The Labute approximate surface area is 73.7 Å². The monoisotopic (exact) mass is 195 g/mol. The summed E-state index contributed by atoms with van der Waals surface area (Å²) in [5.74, 6) is 0.0846. The Morgan fingerprint density at radius 3 is 2.25 bits per heavy atom. The van der Waals surface area contributed by atoms with Crippen molar-refractivity contribution in [3.63, 3.8) is 0 Å². The maximum atomic E-state index is 10.8. The highest BCUT2D eigenvalue weighted by atomic mass is 32.2. The lowest BCUT2D eigenvalue weighted by Crippen LogP contribution is -2.33. The molecular formula is C7H17NO3S. The highest BCUT2D eigenvalue weighted by Crippen LogP contribution is 2.18. The van der Waals surface area contributed by atoms with Gasteiger partial charge in [-0.05, 0) is 13.0 Å². The van der Waals surface area contributed by atoms with Crippen molar-refractivity contribution in [1.82, 2.24) is 0 Å². The van der Waals surface area contributed by atoms with Gasteiger partial charge in [0.25, 0.3) is 0 Å². The summed E-state index contributed by atoms with van der Waals surface area (Å²) in [4.78, 5) is 0. The van der Waals surface area contributed by atoms with Crippen LogP contribution in [-0.2, 0) is 9.84 Å². The second kappa shape index (κ2) is 4.20. The maximum Gasteiger partial charge on any atom is 0.147 e. The van der Waals surface area contributed by atoms with Crippen molar-refractivity contribution < 1.29 is 13.5 Å². The molecule has 0 aliphatic heterocycles. The number of aliphatic hydroxyl groups excluding tert-OH is 1. The fraction of sp³-hybridized carbons (Fsp3) is 1.00. The third kappa shape index (κ3) is 4.69. The van der Waals surface area contributed by atoms with Gasteiger partial charge in [0.05, 0.1) is 5.75 Å². The molecule has 0 aliphatic rings. The number of rotatable bonds is 5. The first-order chi connectivity index (χ1) is 5.33. The van der Waals surface area contributed by atoms with Gasteiger partial charge in [0.1, 0.15) is 9.84 Å². The van der Waals surface area contributed by atoms with E-state index in [2.05, 4.69) is 0 Å². The second-order valence-electron chi connectivity index (χ2n) is 3.55. The van der Waals surface area contributed by atoms with E-state index in [1.807, 2.05) is 0 Å². The Morgan fingerprint density at radius 1 is 1.50 bits per heavy atom. The zero-order valence-electron chi connectivity index (χ0n) is 7.58. The van der Waals surface area contributed by atoms with Gasteiger partial charge in [-0.2, -0.15) is 0 Å². The number of nitrogens with two attached hydrogens (primary N) is 1. The molecule has 74 valence electrons. The molecule has 0 spiro atoms. The Morgan fingerprint density at radius 2 is 2.00 bits per heavy atom. The fourth-order valence-corrected chi connectivity index (χ4v) is 1.54. The first-order valence-electron chi connectivity index (χ1n) is 3.82. The van der Waals surface area contributed by atoms with E-state index in [-0.39, 0.29) is 12.4 Å². The van der Waals surface area contributed by atoms with Crippen LogP contribution in [0.1, 0.15) is 13.3 Å². The van der Waals surface area contributed by atoms with Crippen LogP contribution in [0.15, 0.2) is 0 Å². The van der Waals surface area contributed by atoms with Gasteiger partial charge in [-0.1, -0.05) is 6.92 Å². The van der Waals surface area contributed by atoms with Crippen molar-refractivity contribution in [2.45, 2.75) is 13.3 Å². The molecule has 0 aromatic carbocycles. The predicted octanol–water partition coefficient (Wildman–Crippen LogP) is -0.622. The van der Waals surface area contributed by atoms with E-state index < -0.39 is 15.3 Å². The third-order valence-electron chi connectivity index (χ3n) is 1.95. The second-order valence-corrected chi connectivity index (χ2v) is 5.81. The summed E-state index contributed by atoms with van der Waals surface area (Å²) in [5.41, 5.74) is 4.94. The molecule has 0 radical (unpaired) electrons. The molecule has 1 unspecified atom stereocenters. The van der Waals surface area contributed by atoms with Crippen molar-refractivity contribution in [3.05, 3.63) is 0 Å². The van der Waals surface area contributed by atoms with E-state index in [1.54, 1.807) is 6.92 Å². The number of hydrogen-bond donors (Lipinski definition) is 2. The molecule has 1 atom stereocenters.